The molecule has 0 saturated heterocycles. The lowest BCUT2D eigenvalue weighted by molar-refractivity contribution is -0.140. The van der Waals surface area contributed by atoms with Gasteiger partial charge in [0.1, 0.15) is 12.6 Å². The van der Waals surface area contributed by atoms with Crippen molar-refractivity contribution in [1.29, 1.82) is 0 Å². The highest BCUT2D eigenvalue weighted by molar-refractivity contribution is 7.92. The van der Waals surface area contributed by atoms with Gasteiger partial charge in [0.15, 0.2) is 0 Å². The summed E-state index contributed by atoms with van der Waals surface area (Å²) in [4.78, 5) is 30.2. The average Bonchev–Trinajstić information content (AvgIpc) is 3.06. The minimum atomic E-state index is -4.15. The van der Waals surface area contributed by atoms with Crippen LogP contribution in [0.1, 0.15) is 54.5 Å². The average molecular weight is 640 g/mol. The summed E-state index contributed by atoms with van der Waals surface area (Å²) in [7, 11) is -4.15. The zero-order chi connectivity index (χ0) is 33.1. The molecular weight excluding hydrogens is 595 g/mol. The fourth-order valence-corrected chi connectivity index (χ4v) is 6.89. The van der Waals surface area contributed by atoms with E-state index in [4.69, 9.17) is 0 Å². The number of para-hydroxylation sites is 1. The number of anilines is 1. The van der Waals surface area contributed by atoms with Gasteiger partial charge in [0.2, 0.25) is 11.8 Å². The molecule has 0 aliphatic heterocycles. The van der Waals surface area contributed by atoms with Crippen molar-refractivity contribution in [1.82, 2.24) is 10.2 Å². The van der Waals surface area contributed by atoms with Gasteiger partial charge in [-0.15, -0.1) is 0 Å². The number of carbonyl (C=O) groups excluding carboxylic acids is 2. The van der Waals surface area contributed by atoms with Crippen LogP contribution in [0.3, 0.4) is 0 Å². The molecule has 0 saturated carbocycles. The minimum absolute atomic E-state index is 0.0976. The number of nitrogens with zero attached hydrogens (tertiary/aromatic N) is 2. The molecular formula is C38H45N3O4S. The predicted molar refractivity (Wildman–Crippen MR) is 185 cm³/mol. The molecule has 4 rings (SSSR count). The lowest BCUT2D eigenvalue weighted by Crippen LogP contribution is -2.53. The van der Waals surface area contributed by atoms with Crippen molar-refractivity contribution < 1.29 is 18.0 Å². The third-order valence-electron chi connectivity index (χ3n) is 8.23. The first-order valence-electron chi connectivity index (χ1n) is 16.0. The molecule has 0 aromatic heterocycles. The summed E-state index contributed by atoms with van der Waals surface area (Å²) in [5, 5.41) is 3.04. The van der Waals surface area contributed by atoms with Crippen molar-refractivity contribution in [3.63, 3.8) is 0 Å². The molecule has 46 heavy (non-hydrogen) atoms. The highest BCUT2D eigenvalue weighted by Crippen LogP contribution is 2.29. The number of sulfonamides is 1. The maximum absolute atomic E-state index is 14.7. The van der Waals surface area contributed by atoms with Gasteiger partial charge in [0.25, 0.3) is 10.0 Å². The Bertz CT molecular complexity index is 1710. The van der Waals surface area contributed by atoms with E-state index in [1.807, 2.05) is 87.5 Å². The fourth-order valence-electron chi connectivity index (χ4n) is 5.44. The molecule has 2 amide bonds. The van der Waals surface area contributed by atoms with Crippen LogP contribution < -0.4 is 9.62 Å². The van der Waals surface area contributed by atoms with Crippen LogP contribution >= 0.6 is 0 Å². The molecule has 8 heteroatoms. The first-order chi connectivity index (χ1) is 22.1. The monoisotopic (exact) mass is 639 g/mol. The van der Waals surface area contributed by atoms with E-state index in [0.29, 0.717) is 18.7 Å². The standard InChI is InChI=1S/C38H45N3O4S/c1-5-7-25-39-38(43)36(26-31-16-9-8-10-17-31)40(27-33-19-12-11-15-30(33)4)37(42)28-41(35-20-14-13-18-32(35)6-2)46(44,45)34-23-21-29(3)22-24-34/h8-24,36H,5-7,25-28H2,1-4H3,(H,39,43). The third kappa shape index (κ3) is 8.63. The predicted octanol–water partition coefficient (Wildman–Crippen LogP) is 6.62. The fraction of sp³-hybridized carbons (Fsp3) is 0.316. The first-order valence-corrected chi connectivity index (χ1v) is 17.4. The number of rotatable bonds is 15. The molecule has 242 valence electrons. The zero-order valence-electron chi connectivity index (χ0n) is 27.3. The highest BCUT2D eigenvalue weighted by atomic mass is 32.2. The smallest absolute Gasteiger partial charge is 0.264 e. The normalized spacial score (nSPS) is 11.9. The summed E-state index contributed by atoms with van der Waals surface area (Å²) in [6.07, 6.45) is 2.59. The largest absolute Gasteiger partial charge is 0.354 e. The molecule has 0 radical (unpaired) electrons. The SMILES string of the molecule is CCCCNC(=O)C(Cc1ccccc1)N(Cc1ccccc1C)C(=O)CN(c1ccccc1CC)S(=O)(=O)c1ccc(C)cc1. The number of hydrogen-bond donors (Lipinski definition) is 1. The van der Waals surface area contributed by atoms with Crippen molar-refractivity contribution in [2.24, 2.45) is 0 Å². The van der Waals surface area contributed by atoms with Crippen LogP contribution in [0.25, 0.3) is 0 Å². The summed E-state index contributed by atoms with van der Waals surface area (Å²) in [5.74, 6) is -0.724. The quantitative estimate of drug-likeness (QED) is 0.148. The molecule has 0 heterocycles. The van der Waals surface area contributed by atoms with Crippen LogP contribution in [0, 0.1) is 13.8 Å². The molecule has 0 fully saturated rings. The Labute approximate surface area is 274 Å². The van der Waals surface area contributed by atoms with Crippen molar-refractivity contribution in [2.45, 2.75) is 70.9 Å². The van der Waals surface area contributed by atoms with E-state index in [1.54, 1.807) is 41.3 Å². The van der Waals surface area contributed by atoms with Crippen molar-refractivity contribution in [3.8, 4) is 0 Å². The topological polar surface area (TPSA) is 86.8 Å². The number of benzene rings is 4. The molecule has 1 atom stereocenters. The lowest BCUT2D eigenvalue weighted by atomic mass is 10.0. The number of nitrogens with one attached hydrogen (secondary N) is 1. The second-order valence-corrected chi connectivity index (χ2v) is 13.5. The Kier molecular flexibility index (Phi) is 12.1. The van der Waals surface area contributed by atoms with E-state index in [0.717, 1.165) is 40.7 Å². The molecule has 0 aliphatic rings. The van der Waals surface area contributed by atoms with E-state index < -0.39 is 28.5 Å². The summed E-state index contributed by atoms with van der Waals surface area (Å²) in [6, 6.07) is 30.4. The van der Waals surface area contributed by atoms with Gasteiger partial charge in [0, 0.05) is 19.5 Å². The van der Waals surface area contributed by atoms with Gasteiger partial charge < -0.3 is 10.2 Å². The minimum Gasteiger partial charge on any atom is -0.354 e. The molecule has 7 nitrogen and oxygen atoms in total. The summed E-state index contributed by atoms with van der Waals surface area (Å²) in [5.41, 5.74) is 4.94. The van der Waals surface area contributed by atoms with Crippen molar-refractivity contribution in [2.75, 3.05) is 17.4 Å². The van der Waals surface area contributed by atoms with Crippen molar-refractivity contribution >= 4 is 27.5 Å². The Morgan fingerprint density at radius 2 is 1.41 bits per heavy atom. The van der Waals surface area contributed by atoms with Gasteiger partial charge in [-0.1, -0.05) is 111 Å². The summed E-state index contributed by atoms with van der Waals surface area (Å²) >= 11 is 0. The van der Waals surface area contributed by atoms with Gasteiger partial charge in [0.05, 0.1) is 10.6 Å². The van der Waals surface area contributed by atoms with Crippen LogP contribution in [0.2, 0.25) is 0 Å². The van der Waals surface area contributed by atoms with E-state index in [2.05, 4.69) is 12.2 Å². The Morgan fingerprint density at radius 3 is 2.07 bits per heavy atom. The maximum atomic E-state index is 14.7. The van der Waals surface area contributed by atoms with Crippen molar-refractivity contribution in [3.05, 3.63) is 131 Å². The van der Waals surface area contributed by atoms with E-state index in [-0.39, 0.29) is 23.8 Å². The molecule has 4 aromatic rings. The van der Waals surface area contributed by atoms with Crippen LogP contribution in [-0.2, 0) is 39.0 Å². The molecule has 1 unspecified atom stereocenters. The molecule has 0 spiro atoms. The molecule has 0 aliphatic carbocycles. The molecule has 0 bridgehead atoms. The van der Waals surface area contributed by atoms with Crippen LogP contribution in [0.5, 0.6) is 0 Å². The maximum Gasteiger partial charge on any atom is 0.264 e. The number of carbonyl (C=O) groups is 2. The molecule has 4 aromatic carbocycles. The Morgan fingerprint density at radius 1 is 0.783 bits per heavy atom. The highest BCUT2D eigenvalue weighted by Gasteiger charge is 2.35. The third-order valence-corrected chi connectivity index (χ3v) is 10.0. The summed E-state index contributed by atoms with van der Waals surface area (Å²) < 4.78 is 29.9. The van der Waals surface area contributed by atoms with E-state index in [9.17, 15) is 18.0 Å². The second kappa shape index (κ2) is 16.2. The Balaban J connectivity index is 1.82. The Hall–Kier alpha value is -4.43. The zero-order valence-corrected chi connectivity index (χ0v) is 28.1. The van der Waals surface area contributed by atoms with Gasteiger partial charge in [-0.25, -0.2) is 8.42 Å². The van der Waals surface area contributed by atoms with Crippen LogP contribution in [0.15, 0.2) is 108 Å². The van der Waals surface area contributed by atoms with Gasteiger partial charge in [-0.05, 0) is 67.1 Å². The number of hydrogen-bond acceptors (Lipinski definition) is 4. The second-order valence-electron chi connectivity index (χ2n) is 11.6. The number of aryl methyl sites for hydroxylation is 3. The van der Waals surface area contributed by atoms with Gasteiger partial charge in [-0.3, -0.25) is 13.9 Å². The van der Waals surface area contributed by atoms with E-state index >= 15 is 0 Å². The first kappa shape index (κ1) is 34.4. The van der Waals surface area contributed by atoms with Crippen LogP contribution in [-0.4, -0.2) is 44.3 Å². The summed E-state index contributed by atoms with van der Waals surface area (Å²) in [6.45, 7) is 8.05. The van der Waals surface area contributed by atoms with Gasteiger partial charge >= 0.3 is 0 Å². The van der Waals surface area contributed by atoms with E-state index in [1.165, 1.54) is 4.31 Å². The van der Waals surface area contributed by atoms with Gasteiger partial charge in [-0.2, -0.15) is 0 Å². The number of amides is 2. The molecule has 1 N–H and O–H groups in total. The number of unbranched alkanes of at least 4 members (excludes halogenated alkanes) is 1. The van der Waals surface area contributed by atoms with Crippen LogP contribution in [0.4, 0.5) is 5.69 Å². The lowest BCUT2D eigenvalue weighted by Gasteiger charge is -2.34.